The van der Waals surface area contributed by atoms with Crippen LogP contribution in [0.5, 0.6) is 5.75 Å². The van der Waals surface area contributed by atoms with Gasteiger partial charge in [0, 0.05) is 24.0 Å². The van der Waals surface area contributed by atoms with Gasteiger partial charge in [-0.15, -0.1) is 11.3 Å². The Morgan fingerprint density at radius 1 is 1.19 bits per heavy atom. The third-order valence-electron chi connectivity index (χ3n) is 4.89. The number of benzene rings is 2. The van der Waals surface area contributed by atoms with Crippen molar-refractivity contribution >= 4 is 39.1 Å². The molecule has 0 spiro atoms. The van der Waals surface area contributed by atoms with Gasteiger partial charge >= 0.3 is 0 Å². The third kappa shape index (κ3) is 4.42. The summed E-state index contributed by atoms with van der Waals surface area (Å²) in [6.07, 6.45) is 2.33. The number of rotatable bonds is 5. The van der Waals surface area contributed by atoms with Crippen LogP contribution in [-0.4, -0.2) is 35.5 Å². The van der Waals surface area contributed by atoms with E-state index in [4.69, 9.17) is 21.3 Å². The Morgan fingerprint density at radius 2 is 1.96 bits per heavy atom. The fraction of sp³-hybridized carbons (Fsp3) is 0.333. The molecule has 1 aliphatic heterocycles. The van der Waals surface area contributed by atoms with Crippen molar-refractivity contribution in [2.75, 3.05) is 19.7 Å². The van der Waals surface area contributed by atoms with Gasteiger partial charge in [0.1, 0.15) is 5.75 Å². The van der Waals surface area contributed by atoms with Crippen LogP contribution in [0.1, 0.15) is 30.2 Å². The number of likely N-dealkylation sites (tertiary alicyclic amines) is 1. The molecule has 1 aliphatic rings. The lowest BCUT2D eigenvalue weighted by Gasteiger charge is -2.31. The Labute approximate surface area is 167 Å². The Kier molecular flexibility index (Phi) is 5.60. The first kappa shape index (κ1) is 18.3. The number of fused-ring (bicyclic) bond motifs is 1. The number of amides is 1. The van der Waals surface area contributed by atoms with Gasteiger partial charge in [0.05, 0.1) is 28.3 Å². The third-order valence-corrected chi connectivity index (χ3v) is 6.32. The lowest BCUT2D eigenvalue weighted by molar-refractivity contribution is -0.132. The van der Waals surface area contributed by atoms with Crippen LogP contribution in [0.2, 0.25) is 5.02 Å². The lowest BCUT2D eigenvalue weighted by Crippen LogP contribution is -2.38. The Balaban J connectivity index is 1.28. The first-order valence-corrected chi connectivity index (χ1v) is 10.4. The fourth-order valence-corrected chi connectivity index (χ4v) is 4.68. The molecule has 0 unspecified atom stereocenters. The molecule has 140 valence electrons. The van der Waals surface area contributed by atoms with Crippen molar-refractivity contribution < 1.29 is 9.53 Å². The maximum Gasteiger partial charge on any atom is 0.225 e. The lowest BCUT2D eigenvalue weighted by atomic mass is 9.97. The standard InChI is InChI=1S/C21H21ClN2O2S/c22-16-6-7-19-18(14-16)23-21(27-19)15-8-11-24(12-9-15)20(25)10-13-26-17-4-2-1-3-5-17/h1-7,14-15H,8-13H2. The topological polar surface area (TPSA) is 42.4 Å². The molecule has 1 fully saturated rings. The molecule has 0 aliphatic carbocycles. The van der Waals surface area contributed by atoms with E-state index in [1.165, 1.54) is 4.70 Å². The Hall–Kier alpha value is -2.11. The number of carbonyl (C=O) groups is 1. The largest absolute Gasteiger partial charge is 0.493 e. The zero-order valence-corrected chi connectivity index (χ0v) is 16.5. The number of hydrogen-bond donors (Lipinski definition) is 0. The first-order valence-electron chi connectivity index (χ1n) is 9.20. The Bertz CT molecular complexity index is 920. The highest BCUT2D eigenvalue weighted by Gasteiger charge is 2.25. The average Bonchev–Trinajstić information content (AvgIpc) is 3.12. The molecule has 3 aromatic rings. The molecule has 1 saturated heterocycles. The quantitative estimate of drug-likeness (QED) is 0.596. The smallest absolute Gasteiger partial charge is 0.225 e. The van der Waals surface area contributed by atoms with E-state index < -0.39 is 0 Å². The van der Waals surface area contributed by atoms with Crippen molar-refractivity contribution in [3.05, 3.63) is 58.6 Å². The predicted molar refractivity (Wildman–Crippen MR) is 110 cm³/mol. The zero-order chi connectivity index (χ0) is 18.6. The molecule has 0 saturated carbocycles. The number of para-hydroxylation sites is 1. The minimum atomic E-state index is 0.167. The summed E-state index contributed by atoms with van der Waals surface area (Å²) in [5.41, 5.74) is 0.971. The second-order valence-corrected chi connectivity index (χ2v) is 8.23. The number of aromatic nitrogens is 1. The summed E-state index contributed by atoms with van der Waals surface area (Å²) in [7, 11) is 0. The van der Waals surface area contributed by atoms with E-state index in [1.54, 1.807) is 11.3 Å². The summed E-state index contributed by atoms with van der Waals surface area (Å²) >= 11 is 7.80. The molecular weight excluding hydrogens is 380 g/mol. The van der Waals surface area contributed by atoms with E-state index in [0.29, 0.717) is 18.9 Å². The molecule has 2 aromatic carbocycles. The molecule has 2 heterocycles. The number of carbonyl (C=O) groups excluding carboxylic acids is 1. The monoisotopic (exact) mass is 400 g/mol. The van der Waals surface area contributed by atoms with Crippen LogP contribution >= 0.6 is 22.9 Å². The molecule has 0 N–H and O–H groups in total. The van der Waals surface area contributed by atoms with Crippen LogP contribution in [0, 0.1) is 0 Å². The highest BCUT2D eigenvalue weighted by molar-refractivity contribution is 7.18. The minimum Gasteiger partial charge on any atom is -0.493 e. The Morgan fingerprint density at radius 3 is 2.74 bits per heavy atom. The number of nitrogens with zero attached hydrogens (tertiary/aromatic N) is 2. The highest BCUT2D eigenvalue weighted by Crippen LogP contribution is 2.34. The molecule has 0 bridgehead atoms. The first-order chi connectivity index (χ1) is 13.2. The van der Waals surface area contributed by atoms with Gasteiger partial charge in [-0.05, 0) is 43.2 Å². The number of ether oxygens (including phenoxy) is 1. The van der Waals surface area contributed by atoms with E-state index in [-0.39, 0.29) is 5.91 Å². The van der Waals surface area contributed by atoms with Crippen LogP contribution in [0.15, 0.2) is 48.5 Å². The summed E-state index contributed by atoms with van der Waals surface area (Å²) in [4.78, 5) is 19.1. The maximum absolute atomic E-state index is 12.4. The van der Waals surface area contributed by atoms with Crippen LogP contribution in [0.25, 0.3) is 10.2 Å². The summed E-state index contributed by atoms with van der Waals surface area (Å²) in [6.45, 7) is 1.98. The number of halogens is 1. The van der Waals surface area contributed by atoms with Crippen LogP contribution in [0.3, 0.4) is 0 Å². The number of thiazole rings is 1. The van der Waals surface area contributed by atoms with E-state index in [0.717, 1.165) is 47.2 Å². The summed E-state index contributed by atoms with van der Waals surface area (Å²) in [6, 6.07) is 15.5. The molecule has 0 atom stereocenters. The summed E-state index contributed by atoms with van der Waals surface area (Å²) in [5.74, 6) is 1.39. The summed E-state index contributed by atoms with van der Waals surface area (Å²) in [5, 5.41) is 1.88. The number of hydrogen-bond acceptors (Lipinski definition) is 4. The van der Waals surface area contributed by atoms with Gasteiger partial charge in [-0.25, -0.2) is 4.98 Å². The van der Waals surface area contributed by atoms with E-state index in [1.807, 2.05) is 53.4 Å². The van der Waals surface area contributed by atoms with Gasteiger partial charge in [-0.1, -0.05) is 29.8 Å². The van der Waals surface area contributed by atoms with Crippen molar-refractivity contribution in [3.8, 4) is 5.75 Å². The highest BCUT2D eigenvalue weighted by atomic mass is 35.5. The van der Waals surface area contributed by atoms with Gasteiger partial charge in [0.2, 0.25) is 5.91 Å². The average molecular weight is 401 g/mol. The van der Waals surface area contributed by atoms with Gasteiger partial charge in [-0.3, -0.25) is 4.79 Å². The summed E-state index contributed by atoms with van der Waals surface area (Å²) < 4.78 is 6.81. The minimum absolute atomic E-state index is 0.167. The molecule has 1 amide bonds. The second-order valence-electron chi connectivity index (χ2n) is 6.73. The van der Waals surface area contributed by atoms with Gasteiger partial charge in [0.25, 0.3) is 0 Å². The number of piperidine rings is 1. The van der Waals surface area contributed by atoms with Crippen LogP contribution in [0.4, 0.5) is 0 Å². The van der Waals surface area contributed by atoms with Gasteiger partial charge in [-0.2, -0.15) is 0 Å². The van der Waals surface area contributed by atoms with Crippen LogP contribution in [-0.2, 0) is 4.79 Å². The van der Waals surface area contributed by atoms with E-state index in [2.05, 4.69) is 0 Å². The fourth-order valence-electron chi connectivity index (χ4n) is 3.40. The molecular formula is C21H21ClN2O2S. The molecule has 6 heteroatoms. The van der Waals surface area contributed by atoms with Crippen LogP contribution < -0.4 is 4.74 Å². The van der Waals surface area contributed by atoms with Crippen molar-refractivity contribution in [1.82, 2.24) is 9.88 Å². The molecule has 1 aromatic heterocycles. The normalized spacial score (nSPS) is 15.2. The van der Waals surface area contributed by atoms with E-state index in [9.17, 15) is 4.79 Å². The van der Waals surface area contributed by atoms with Crippen molar-refractivity contribution in [2.45, 2.75) is 25.2 Å². The SMILES string of the molecule is O=C(CCOc1ccccc1)N1CCC(c2nc3cc(Cl)ccc3s2)CC1. The van der Waals surface area contributed by atoms with Crippen molar-refractivity contribution in [1.29, 1.82) is 0 Å². The molecule has 0 radical (unpaired) electrons. The maximum atomic E-state index is 12.4. The van der Waals surface area contributed by atoms with Crippen molar-refractivity contribution in [2.24, 2.45) is 0 Å². The van der Waals surface area contributed by atoms with E-state index >= 15 is 0 Å². The van der Waals surface area contributed by atoms with Crippen molar-refractivity contribution in [3.63, 3.8) is 0 Å². The predicted octanol–water partition coefficient (Wildman–Crippen LogP) is 5.12. The molecule has 4 nitrogen and oxygen atoms in total. The zero-order valence-electron chi connectivity index (χ0n) is 14.9. The van der Waals surface area contributed by atoms with Gasteiger partial charge < -0.3 is 9.64 Å². The molecule has 4 rings (SSSR count). The second kappa shape index (κ2) is 8.28. The van der Waals surface area contributed by atoms with Gasteiger partial charge in [0.15, 0.2) is 0 Å². The molecule has 27 heavy (non-hydrogen) atoms.